The van der Waals surface area contributed by atoms with Gasteiger partial charge in [-0.3, -0.25) is 0 Å². The Balaban J connectivity index is 2.71. The van der Waals surface area contributed by atoms with Gasteiger partial charge in [0.05, 0.1) is 0 Å². The van der Waals surface area contributed by atoms with E-state index in [1.165, 1.54) is 6.08 Å². The molecular formula is C12H15NO2. The fourth-order valence-electron chi connectivity index (χ4n) is 1.30. The molecule has 0 aromatic heterocycles. The van der Waals surface area contributed by atoms with Crippen LogP contribution in [0.3, 0.4) is 0 Å². The second kappa shape index (κ2) is 5.86. The van der Waals surface area contributed by atoms with Gasteiger partial charge in [0.15, 0.2) is 0 Å². The summed E-state index contributed by atoms with van der Waals surface area (Å²) < 4.78 is 0. The largest absolute Gasteiger partial charge is 0.478 e. The molecule has 0 aliphatic heterocycles. The minimum absolute atomic E-state index is 0.733. The highest BCUT2D eigenvalue weighted by atomic mass is 16.4. The summed E-state index contributed by atoms with van der Waals surface area (Å²) in [5.41, 5.74) is 1.65. The third-order valence-electron chi connectivity index (χ3n) is 1.90. The van der Waals surface area contributed by atoms with Crippen molar-refractivity contribution in [2.24, 2.45) is 0 Å². The molecule has 15 heavy (non-hydrogen) atoms. The molecule has 1 rings (SSSR count). The number of rotatable bonds is 5. The second-order valence-corrected chi connectivity index (χ2v) is 3.25. The van der Waals surface area contributed by atoms with Gasteiger partial charge in [0, 0.05) is 17.5 Å². The first-order valence-electron chi connectivity index (χ1n) is 4.98. The summed E-state index contributed by atoms with van der Waals surface area (Å²) >= 11 is 0. The Kier molecular flexibility index (Phi) is 4.41. The lowest BCUT2D eigenvalue weighted by Crippen LogP contribution is -2.02. The average Bonchev–Trinajstić information content (AvgIpc) is 2.18. The number of aliphatic carboxylic acids is 1. The first-order valence-corrected chi connectivity index (χ1v) is 4.98. The standard InChI is InChI=1S/C12H15NO2/c1-2-6-11(9-12(14)15)13-10-7-4-3-5-8-10/h3-5,7-9,13H,2,6H2,1H3,(H,14,15). The van der Waals surface area contributed by atoms with Crippen LogP contribution in [0.1, 0.15) is 19.8 Å². The van der Waals surface area contributed by atoms with E-state index in [9.17, 15) is 4.79 Å². The van der Waals surface area contributed by atoms with E-state index in [1.807, 2.05) is 37.3 Å². The van der Waals surface area contributed by atoms with Crippen molar-refractivity contribution < 1.29 is 9.90 Å². The van der Waals surface area contributed by atoms with Crippen molar-refractivity contribution in [3.8, 4) is 0 Å². The highest BCUT2D eigenvalue weighted by Crippen LogP contribution is 2.12. The van der Waals surface area contributed by atoms with Crippen molar-refractivity contribution in [1.82, 2.24) is 0 Å². The predicted molar refractivity (Wildman–Crippen MR) is 60.7 cm³/mol. The third kappa shape index (κ3) is 4.31. The van der Waals surface area contributed by atoms with Crippen LogP contribution in [0.25, 0.3) is 0 Å². The van der Waals surface area contributed by atoms with E-state index in [1.54, 1.807) is 0 Å². The number of hydrogen-bond acceptors (Lipinski definition) is 2. The zero-order chi connectivity index (χ0) is 11.1. The Hall–Kier alpha value is -1.77. The Bertz CT molecular complexity index is 344. The van der Waals surface area contributed by atoms with Crippen molar-refractivity contribution in [3.63, 3.8) is 0 Å². The number of carbonyl (C=O) groups is 1. The van der Waals surface area contributed by atoms with E-state index < -0.39 is 5.97 Å². The van der Waals surface area contributed by atoms with Gasteiger partial charge in [-0.2, -0.15) is 0 Å². The number of carboxylic acid groups (broad SMARTS) is 1. The molecule has 1 aromatic rings. The van der Waals surface area contributed by atoms with E-state index in [2.05, 4.69) is 5.32 Å². The first-order chi connectivity index (χ1) is 7.22. The number of anilines is 1. The maximum Gasteiger partial charge on any atom is 0.330 e. The van der Waals surface area contributed by atoms with Crippen LogP contribution in [0.4, 0.5) is 5.69 Å². The molecular weight excluding hydrogens is 190 g/mol. The van der Waals surface area contributed by atoms with Crippen molar-refractivity contribution in [2.75, 3.05) is 5.32 Å². The molecule has 3 heteroatoms. The number of para-hydroxylation sites is 1. The van der Waals surface area contributed by atoms with Gasteiger partial charge in [0.25, 0.3) is 0 Å². The molecule has 0 aliphatic carbocycles. The monoisotopic (exact) mass is 205 g/mol. The van der Waals surface area contributed by atoms with Crippen LogP contribution in [0.5, 0.6) is 0 Å². The zero-order valence-corrected chi connectivity index (χ0v) is 8.73. The summed E-state index contributed by atoms with van der Waals surface area (Å²) in [4.78, 5) is 10.6. The molecule has 0 heterocycles. The molecule has 0 saturated heterocycles. The van der Waals surface area contributed by atoms with Gasteiger partial charge in [-0.1, -0.05) is 31.5 Å². The van der Waals surface area contributed by atoms with Crippen molar-refractivity contribution in [3.05, 3.63) is 42.1 Å². The van der Waals surface area contributed by atoms with Gasteiger partial charge in [-0.15, -0.1) is 0 Å². The van der Waals surface area contributed by atoms with Gasteiger partial charge in [0.1, 0.15) is 0 Å². The quantitative estimate of drug-likeness (QED) is 0.727. The van der Waals surface area contributed by atoms with Crippen LogP contribution in [-0.2, 0) is 4.79 Å². The van der Waals surface area contributed by atoms with Crippen LogP contribution in [-0.4, -0.2) is 11.1 Å². The Morgan fingerprint density at radius 2 is 2.07 bits per heavy atom. The molecule has 0 amide bonds. The summed E-state index contributed by atoms with van der Waals surface area (Å²) in [6.45, 7) is 2.02. The van der Waals surface area contributed by atoms with Gasteiger partial charge in [0.2, 0.25) is 0 Å². The highest BCUT2D eigenvalue weighted by Gasteiger charge is 1.99. The van der Waals surface area contributed by atoms with E-state index in [0.29, 0.717) is 0 Å². The Labute approximate surface area is 89.4 Å². The summed E-state index contributed by atoms with van der Waals surface area (Å²) in [6, 6.07) is 9.56. The molecule has 3 nitrogen and oxygen atoms in total. The molecule has 0 spiro atoms. The lowest BCUT2D eigenvalue weighted by molar-refractivity contribution is -0.131. The molecule has 0 radical (unpaired) electrons. The third-order valence-corrected chi connectivity index (χ3v) is 1.90. The van der Waals surface area contributed by atoms with Gasteiger partial charge >= 0.3 is 5.97 Å². The zero-order valence-electron chi connectivity index (χ0n) is 8.73. The number of nitrogens with one attached hydrogen (secondary N) is 1. The van der Waals surface area contributed by atoms with Crippen molar-refractivity contribution in [1.29, 1.82) is 0 Å². The number of allylic oxidation sites excluding steroid dienone is 1. The molecule has 0 unspecified atom stereocenters. The minimum Gasteiger partial charge on any atom is -0.478 e. The molecule has 1 aromatic carbocycles. The smallest absolute Gasteiger partial charge is 0.330 e. The topological polar surface area (TPSA) is 49.3 Å². The fourth-order valence-corrected chi connectivity index (χ4v) is 1.30. The maximum absolute atomic E-state index is 10.6. The van der Waals surface area contributed by atoms with Crippen LogP contribution >= 0.6 is 0 Å². The van der Waals surface area contributed by atoms with Gasteiger partial charge < -0.3 is 10.4 Å². The van der Waals surface area contributed by atoms with Gasteiger partial charge in [-0.25, -0.2) is 4.79 Å². The first kappa shape index (κ1) is 11.3. The predicted octanol–water partition coefficient (Wildman–Crippen LogP) is 2.87. The summed E-state index contributed by atoms with van der Waals surface area (Å²) in [7, 11) is 0. The molecule has 0 atom stereocenters. The van der Waals surface area contributed by atoms with E-state index >= 15 is 0 Å². The van der Waals surface area contributed by atoms with Crippen LogP contribution in [0, 0.1) is 0 Å². The minimum atomic E-state index is -0.915. The number of carboxylic acids is 1. The second-order valence-electron chi connectivity index (χ2n) is 3.25. The highest BCUT2D eigenvalue weighted by molar-refractivity contribution is 5.81. The molecule has 0 bridgehead atoms. The normalized spacial score (nSPS) is 11.1. The van der Waals surface area contributed by atoms with Crippen LogP contribution < -0.4 is 5.32 Å². The van der Waals surface area contributed by atoms with Gasteiger partial charge in [-0.05, 0) is 18.6 Å². The van der Waals surface area contributed by atoms with Crippen LogP contribution in [0.15, 0.2) is 42.1 Å². The fraction of sp³-hybridized carbons (Fsp3) is 0.250. The van der Waals surface area contributed by atoms with E-state index in [0.717, 1.165) is 24.2 Å². The summed E-state index contributed by atoms with van der Waals surface area (Å²) in [6.07, 6.45) is 2.87. The Morgan fingerprint density at radius 1 is 1.40 bits per heavy atom. The van der Waals surface area contributed by atoms with Crippen molar-refractivity contribution in [2.45, 2.75) is 19.8 Å². The lowest BCUT2D eigenvalue weighted by Gasteiger charge is -2.08. The Morgan fingerprint density at radius 3 is 2.60 bits per heavy atom. The summed E-state index contributed by atoms with van der Waals surface area (Å²) in [5.74, 6) is -0.915. The van der Waals surface area contributed by atoms with Crippen LogP contribution in [0.2, 0.25) is 0 Å². The SMILES string of the molecule is CCCC(=CC(=O)O)Nc1ccccc1. The molecule has 0 saturated carbocycles. The molecule has 2 N–H and O–H groups in total. The van der Waals surface area contributed by atoms with E-state index in [-0.39, 0.29) is 0 Å². The molecule has 0 aliphatic rings. The molecule has 0 fully saturated rings. The number of benzene rings is 1. The maximum atomic E-state index is 10.6. The lowest BCUT2D eigenvalue weighted by atomic mass is 10.2. The summed E-state index contributed by atoms with van der Waals surface area (Å²) in [5, 5.41) is 11.8. The average molecular weight is 205 g/mol. The van der Waals surface area contributed by atoms with Crippen molar-refractivity contribution >= 4 is 11.7 Å². The number of hydrogen-bond donors (Lipinski definition) is 2. The molecule has 80 valence electrons. The van der Waals surface area contributed by atoms with E-state index in [4.69, 9.17) is 5.11 Å².